The quantitative estimate of drug-likeness (QED) is 0.614. The van der Waals surface area contributed by atoms with Gasteiger partial charge in [-0.25, -0.2) is 8.42 Å². The second-order valence-corrected chi connectivity index (χ2v) is 9.63. The predicted octanol–water partition coefficient (Wildman–Crippen LogP) is 4.94. The van der Waals surface area contributed by atoms with Crippen LogP contribution in [0, 0.1) is 0 Å². The number of carbonyl (C=O) groups excluding carboxylic acids is 1. The molecular formula is C21H18Cl2N2O3S. The zero-order chi connectivity index (χ0) is 20.6. The van der Waals surface area contributed by atoms with Gasteiger partial charge in [0.05, 0.1) is 15.6 Å². The van der Waals surface area contributed by atoms with Crippen molar-refractivity contribution in [2.24, 2.45) is 0 Å². The van der Waals surface area contributed by atoms with Crippen LogP contribution in [-0.4, -0.2) is 31.2 Å². The Morgan fingerprint density at radius 2 is 1.76 bits per heavy atom. The van der Waals surface area contributed by atoms with Crippen molar-refractivity contribution in [2.45, 2.75) is 23.8 Å². The smallest absolute Gasteiger partial charge is 0.243 e. The van der Waals surface area contributed by atoms with E-state index in [1.165, 1.54) is 10.4 Å². The maximum atomic E-state index is 13.3. The first-order chi connectivity index (χ1) is 13.9. The molecule has 0 spiro atoms. The summed E-state index contributed by atoms with van der Waals surface area (Å²) >= 11 is 12.0. The highest BCUT2D eigenvalue weighted by Crippen LogP contribution is 2.30. The Balaban J connectivity index is 1.61. The van der Waals surface area contributed by atoms with Crippen molar-refractivity contribution in [2.75, 3.05) is 11.9 Å². The molecule has 0 aliphatic carbocycles. The molecule has 1 unspecified atom stereocenters. The summed E-state index contributed by atoms with van der Waals surface area (Å²) in [5.41, 5.74) is 0.399. The van der Waals surface area contributed by atoms with Crippen LogP contribution in [0.3, 0.4) is 0 Å². The number of sulfonamides is 1. The molecule has 4 rings (SSSR count). The van der Waals surface area contributed by atoms with E-state index in [1.54, 1.807) is 30.3 Å². The van der Waals surface area contributed by atoms with Crippen molar-refractivity contribution < 1.29 is 13.2 Å². The van der Waals surface area contributed by atoms with Gasteiger partial charge in [0.1, 0.15) is 6.04 Å². The molecule has 1 amide bonds. The van der Waals surface area contributed by atoms with E-state index in [-0.39, 0.29) is 4.90 Å². The fraction of sp³-hybridized carbons (Fsp3) is 0.190. The lowest BCUT2D eigenvalue weighted by atomic mass is 10.1. The predicted molar refractivity (Wildman–Crippen MR) is 116 cm³/mol. The molecule has 0 saturated carbocycles. The molecule has 1 fully saturated rings. The number of amides is 1. The van der Waals surface area contributed by atoms with E-state index in [0.717, 1.165) is 10.8 Å². The van der Waals surface area contributed by atoms with Crippen molar-refractivity contribution in [1.29, 1.82) is 0 Å². The summed E-state index contributed by atoms with van der Waals surface area (Å²) in [4.78, 5) is 13.0. The Bertz CT molecular complexity index is 1200. The second-order valence-electron chi connectivity index (χ2n) is 6.90. The summed E-state index contributed by atoms with van der Waals surface area (Å²) in [6.45, 7) is 0.293. The molecular weight excluding hydrogens is 431 g/mol. The average Bonchev–Trinajstić information content (AvgIpc) is 3.20. The van der Waals surface area contributed by atoms with Crippen molar-refractivity contribution in [3.05, 3.63) is 70.7 Å². The first kappa shape index (κ1) is 20.2. The molecule has 3 aromatic carbocycles. The van der Waals surface area contributed by atoms with Crippen molar-refractivity contribution in [3.8, 4) is 0 Å². The number of benzene rings is 3. The fourth-order valence-corrected chi connectivity index (χ4v) is 5.71. The number of nitrogens with one attached hydrogen (secondary N) is 1. The Morgan fingerprint density at radius 3 is 2.52 bits per heavy atom. The van der Waals surface area contributed by atoms with E-state index in [0.29, 0.717) is 35.1 Å². The summed E-state index contributed by atoms with van der Waals surface area (Å²) in [5.74, 6) is -0.406. The highest BCUT2D eigenvalue weighted by Gasteiger charge is 2.39. The monoisotopic (exact) mass is 448 g/mol. The summed E-state index contributed by atoms with van der Waals surface area (Å²) in [6.07, 6.45) is 1.06. The van der Waals surface area contributed by atoms with Crippen molar-refractivity contribution in [1.82, 2.24) is 4.31 Å². The molecule has 1 saturated heterocycles. The molecule has 1 aliphatic rings. The normalized spacial score (nSPS) is 17.5. The molecule has 5 nitrogen and oxygen atoms in total. The van der Waals surface area contributed by atoms with E-state index in [1.807, 2.05) is 24.3 Å². The SMILES string of the molecule is O=C(Nc1ccc(Cl)cc1Cl)C1CCCN1S(=O)(=O)c1ccc2ccccc2c1. The van der Waals surface area contributed by atoms with Crippen LogP contribution in [0.1, 0.15) is 12.8 Å². The van der Waals surface area contributed by atoms with Gasteiger partial charge in [-0.2, -0.15) is 4.31 Å². The number of nitrogens with zero attached hydrogens (tertiary/aromatic N) is 1. The van der Waals surface area contributed by atoms with Crippen LogP contribution in [-0.2, 0) is 14.8 Å². The van der Waals surface area contributed by atoms with Gasteiger partial charge in [-0.15, -0.1) is 0 Å². The number of halogens is 2. The van der Waals surface area contributed by atoms with Crippen LogP contribution in [0.15, 0.2) is 65.6 Å². The molecule has 29 heavy (non-hydrogen) atoms. The number of rotatable bonds is 4. The summed E-state index contributed by atoms with van der Waals surface area (Å²) < 4.78 is 27.8. The highest BCUT2D eigenvalue weighted by atomic mass is 35.5. The first-order valence-corrected chi connectivity index (χ1v) is 11.3. The Morgan fingerprint density at radius 1 is 1.00 bits per heavy atom. The molecule has 1 heterocycles. The van der Waals surface area contributed by atoms with Gasteiger partial charge in [-0.05, 0) is 53.9 Å². The third-order valence-electron chi connectivity index (χ3n) is 5.02. The van der Waals surface area contributed by atoms with Crippen LogP contribution >= 0.6 is 23.2 Å². The molecule has 150 valence electrons. The maximum Gasteiger partial charge on any atom is 0.243 e. The largest absolute Gasteiger partial charge is 0.323 e. The van der Waals surface area contributed by atoms with Crippen molar-refractivity contribution >= 4 is 55.6 Å². The minimum Gasteiger partial charge on any atom is -0.323 e. The molecule has 8 heteroatoms. The third-order valence-corrected chi connectivity index (χ3v) is 7.47. The minimum atomic E-state index is -3.82. The van der Waals surface area contributed by atoms with Gasteiger partial charge >= 0.3 is 0 Å². The second kappa shape index (κ2) is 7.95. The number of carbonyl (C=O) groups is 1. The number of hydrogen-bond acceptors (Lipinski definition) is 3. The van der Waals surface area contributed by atoms with Crippen LogP contribution in [0.25, 0.3) is 10.8 Å². The lowest BCUT2D eigenvalue weighted by Crippen LogP contribution is -2.43. The van der Waals surface area contributed by atoms with Gasteiger partial charge in [-0.1, -0.05) is 53.5 Å². The van der Waals surface area contributed by atoms with E-state index >= 15 is 0 Å². The Kier molecular flexibility index (Phi) is 5.53. The standard InChI is InChI=1S/C21H18Cl2N2O3S/c22-16-8-10-19(18(23)13-16)24-21(26)20-6-3-11-25(20)29(27,28)17-9-7-14-4-1-2-5-15(14)12-17/h1-2,4-5,7-10,12-13,20H,3,6,11H2,(H,24,26). The zero-order valence-electron chi connectivity index (χ0n) is 15.3. The van der Waals surface area contributed by atoms with E-state index < -0.39 is 22.0 Å². The van der Waals surface area contributed by atoms with Crippen LogP contribution < -0.4 is 5.32 Å². The van der Waals surface area contributed by atoms with Crippen molar-refractivity contribution in [3.63, 3.8) is 0 Å². The molecule has 3 aromatic rings. The zero-order valence-corrected chi connectivity index (χ0v) is 17.6. The van der Waals surface area contributed by atoms with E-state index in [9.17, 15) is 13.2 Å². The first-order valence-electron chi connectivity index (χ1n) is 9.13. The lowest BCUT2D eigenvalue weighted by Gasteiger charge is -2.24. The van der Waals surface area contributed by atoms with Gasteiger partial charge < -0.3 is 5.32 Å². The van der Waals surface area contributed by atoms with Gasteiger partial charge in [0, 0.05) is 11.6 Å². The van der Waals surface area contributed by atoms with Gasteiger partial charge in [0.25, 0.3) is 0 Å². The minimum absolute atomic E-state index is 0.181. The maximum absolute atomic E-state index is 13.3. The Hall–Kier alpha value is -2.12. The van der Waals surface area contributed by atoms with E-state index in [2.05, 4.69) is 5.32 Å². The molecule has 0 radical (unpaired) electrons. The third kappa shape index (κ3) is 3.98. The number of anilines is 1. The van der Waals surface area contributed by atoms with Crippen LogP contribution in [0.4, 0.5) is 5.69 Å². The van der Waals surface area contributed by atoms with Gasteiger partial charge in [0.15, 0.2) is 0 Å². The van der Waals surface area contributed by atoms with E-state index in [4.69, 9.17) is 23.2 Å². The van der Waals surface area contributed by atoms with Gasteiger partial charge in [-0.3, -0.25) is 4.79 Å². The highest BCUT2D eigenvalue weighted by molar-refractivity contribution is 7.89. The number of hydrogen-bond donors (Lipinski definition) is 1. The lowest BCUT2D eigenvalue weighted by molar-refractivity contribution is -0.119. The molecule has 1 aliphatic heterocycles. The van der Waals surface area contributed by atoms with Crippen LogP contribution in [0.5, 0.6) is 0 Å². The molecule has 1 atom stereocenters. The molecule has 0 bridgehead atoms. The topological polar surface area (TPSA) is 66.5 Å². The fourth-order valence-electron chi connectivity index (χ4n) is 3.56. The summed E-state index contributed by atoms with van der Waals surface area (Å²) in [7, 11) is -3.82. The van der Waals surface area contributed by atoms with Crippen LogP contribution in [0.2, 0.25) is 10.0 Å². The summed E-state index contributed by atoms with van der Waals surface area (Å²) in [5, 5.41) is 5.27. The molecule has 1 N–H and O–H groups in total. The summed E-state index contributed by atoms with van der Waals surface area (Å²) in [6, 6.07) is 16.5. The number of fused-ring (bicyclic) bond motifs is 1. The molecule has 0 aromatic heterocycles. The average molecular weight is 449 g/mol. The Labute approximate surface area is 179 Å². The van der Waals surface area contributed by atoms with Gasteiger partial charge in [0.2, 0.25) is 15.9 Å².